The predicted molar refractivity (Wildman–Crippen MR) is 95.6 cm³/mol. The van der Waals surface area contributed by atoms with Crippen LogP contribution in [-0.4, -0.2) is 43.0 Å². The fourth-order valence-electron chi connectivity index (χ4n) is 1.55. The fourth-order valence-corrected chi connectivity index (χ4v) is 1.81. The number of pyridine rings is 1. The van der Waals surface area contributed by atoms with Gasteiger partial charge in [0.15, 0.2) is 17.6 Å². The van der Waals surface area contributed by atoms with E-state index < -0.39 is 10.7 Å². The number of nitro groups is 1. The Hall–Kier alpha value is -3.14. The number of halogens is 1. The van der Waals surface area contributed by atoms with Gasteiger partial charge in [0.25, 0.3) is 0 Å². The number of anilines is 1. The average Bonchev–Trinajstić information content (AvgIpc) is 2.64. The van der Waals surface area contributed by atoms with Gasteiger partial charge in [0, 0.05) is 13.3 Å². The summed E-state index contributed by atoms with van der Waals surface area (Å²) in [7, 11) is 3.07. The summed E-state index contributed by atoms with van der Waals surface area (Å²) in [5.41, 5.74) is 0.0481. The highest BCUT2D eigenvalue weighted by molar-refractivity contribution is 6.35. The quantitative estimate of drug-likeness (QED) is 0.303. The Balaban J connectivity index is 0.000000324. The van der Waals surface area contributed by atoms with Crippen molar-refractivity contribution in [3.05, 3.63) is 45.8 Å². The first kappa shape index (κ1) is 19.9. The number of aromatic nitrogens is 1. The van der Waals surface area contributed by atoms with E-state index in [0.717, 1.165) is 19.0 Å². The predicted octanol–water partition coefficient (Wildman–Crippen LogP) is 2.33. The molecule has 0 amide bonds. The van der Waals surface area contributed by atoms with E-state index in [1.165, 1.54) is 7.05 Å². The number of hydrogen-bond donors (Lipinski definition) is 3. The lowest BCUT2D eigenvalue weighted by Gasteiger charge is -2.08. The van der Waals surface area contributed by atoms with Gasteiger partial charge in [0.1, 0.15) is 10.8 Å². The van der Waals surface area contributed by atoms with Crippen LogP contribution >= 0.6 is 11.6 Å². The van der Waals surface area contributed by atoms with Crippen LogP contribution in [0.2, 0.25) is 5.02 Å². The van der Waals surface area contributed by atoms with Crippen LogP contribution in [0.15, 0.2) is 35.6 Å². The highest BCUT2D eigenvalue weighted by Gasteiger charge is 2.22. The van der Waals surface area contributed by atoms with Crippen molar-refractivity contribution >= 4 is 35.5 Å². The van der Waals surface area contributed by atoms with Crippen LogP contribution in [-0.2, 0) is 4.74 Å². The first-order chi connectivity index (χ1) is 11.9. The number of rotatable bonds is 6. The molecule has 1 aromatic heterocycles. The second kappa shape index (κ2) is 9.88. The Morgan fingerprint density at radius 3 is 2.80 bits per heavy atom. The van der Waals surface area contributed by atoms with Crippen LogP contribution in [0.3, 0.4) is 0 Å². The molecule has 0 atom stereocenters. The average molecular weight is 369 g/mol. The number of ether oxygens (including phenoxy) is 2. The van der Waals surface area contributed by atoms with Crippen molar-refractivity contribution in [3.63, 3.8) is 0 Å². The molecule has 1 aliphatic heterocycles. The lowest BCUT2D eigenvalue weighted by atomic mass is 10.3. The molecule has 2 rings (SSSR count). The molecule has 0 saturated heterocycles. The first-order valence-corrected chi connectivity index (χ1v) is 7.20. The van der Waals surface area contributed by atoms with Gasteiger partial charge < -0.3 is 35.6 Å². The maximum Gasteiger partial charge on any atom is 0.388 e. The molecular weight excluding hydrogens is 352 g/mol. The summed E-state index contributed by atoms with van der Waals surface area (Å²) >= 11 is 5.91. The lowest BCUT2D eigenvalue weighted by molar-refractivity contribution is -0.388. The molecule has 0 bridgehead atoms. The molecule has 0 radical (unpaired) electrons. The SMILES string of the molecule is C=C(C=N)Oc1cnc([N+](=O)[O-])c(NC)c1Cl.COC1=CNCC=N1. The Bertz CT molecular complexity index is 720. The van der Waals surface area contributed by atoms with Crippen LogP contribution in [0.1, 0.15) is 0 Å². The van der Waals surface area contributed by atoms with E-state index in [1.54, 1.807) is 19.5 Å². The highest BCUT2D eigenvalue weighted by Crippen LogP contribution is 2.37. The van der Waals surface area contributed by atoms with Crippen LogP contribution in [0.5, 0.6) is 5.75 Å². The van der Waals surface area contributed by atoms with Gasteiger partial charge in [-0.3, -0.25) is 0 Å². The van der Waals surface area contributed by atoms with Crippen molar-refractivity contribution in [3.8, 4) is 5.75 Å². The zero-order chi connectivity index (χ0) is 18.8. The van der Waals surface area contributed by atoms with E-state index in [4.69, 9.17) is 26.5 Å². The van der Waals surface area contributed by atoms with Gasteiger partial charge in [-0.25, -0.2) is 4.99 Å². The number of aliphatic imine (C=N–C) groups is 1. The topological polar surface area (TPSA) is 135 Å². The summed E-state index contributed by atoms with van der Waals surface area (Å²) in [6.45, 7) is 4.22. The second-order valence-electron chi connectivity index (χ2n) is 4.26. The minimum atomic E-state index is -0.660. The second-order valence-corrected chi connectivity index (χ2v) is 4.64. The van der Waals surface area contributed by atoms with Crippen molar-refractivity contribution in [2.45, 2.75) is 0 Å². The zero-order valence-electron chi connectivity index (χ0n) is 13.6. The number of nitrogens with zero attached hydrogens (tertiary/aromatic N) is 3. The summed E-state index contributed by atoms with van der Waals surface area (Å²) in [4.78, 5) is 17.5. The third-order valence-corrected chi connectivity index (χ3v) is 3.03. The summed E-state index contributed by atoms with van der Waals surface area (Å²) in [6, 6.07) is 0. The van der Waals surface area contributed by atoms with Gasteiger partial charge >= 0.3 is 5.82 Å². The molecule has 1 aromatic rings. The molecule has 1 aliphatic rings. The van der Waals surface area contributed by atoms with Gasteiger partial charge in [-0.2, -0.15) is 0 Å². The number of hydrogen-bond acceptors (Lipinski definition) is 9. The number of methoxy groups -OCH3 is 1. The maximum absolute atomic E-state index is 10.7. The first-order valence-electron chi connectivity index (χ1n) is 6.82. The maximum atomic E-state index is 10.7. The molecule has 0 aliphatic carbocycles. The van der Waals surface area contributed by atoms with Crippen LogP contribution in [0.25, 0.3) is 0 Å². The molecule has 0 unspecified atom stereocenters. The fraction of sp³-hybridized carbons (Fsp3) is 0.214. The molecule has 2 heterocycles. The molecule has 0 saturated carbocycles. The third kappa shape index (κ3) is 5.77. The van der Waals surface area contributed by atoms with Crippen molar-refractivity contribution in [2.24, 2.45) is 4.99 Å². The van der Waals surface area contributed by atoms with E-state index in [2.05, 4.69) is 27.2 Å². The molecule has 11 heteroatoms. The minimum Gasteiger partial charge on any atom is -0.480 e. The molecule has 3 N–H and O–H groups in total. The lowest BCUT2D eigenvalue weighted by Crippen LogP contribution is -2.13. The Labute approximate surface area is 148 Å². The van der Waals surface area contributed by atoms with E-state index in [0.29, 0.717) is 5.88 Å². The van der Waals surface area contributed by atoms with Crippen LogP contribution in [0, 0.1) is 15.5 Å². The molecule has 0 fully saturated rings. The standard InChI is InChI=1S/C9H9ClN4O3.C5H8N2O/c1-5(3-11)17-6-4-13-9(14(15)16)8(12-2)7(6)10;1-8-5-4-6-2-3-7-5/h3-4,11-12H,1H2,2H3;3-4,6H,2H2,1H3. The van der Waals surface area contributed by atoms with Crippen molar-refractivity contribution in [1.82, 2.24) is 10.3 Å². The summed E-state index contributed by atoms with van der Waals surface area (Å²) < 4.78 is 9.87. The Morgan fingerprint density at radius 1 is 1.64 bits per heavy atom. The number of allylic oxidation sites excluding steroid dienone is 1. The third-order valence-electron chi connectivity index (χ3n) is 2.65. The highest BCUT2D eigenvalue weighted by atomic mass is 35.5. The van der Waals surface area contributed by atoms with Gasteiger partial charge in [0.2, 0.25) is 5.88 Å². The van der Waals surface area contributed by atoms with E-state index in [9.17, 15) is 10.1 Å². The van der Waals surface area contributed by atoms with Crippen LogP contribution in [0.4, 0.5) is 11.5 Å². The van der Waals surface area contributed by atoms with Crippen molar-refractivity contribution in [1.29, 1.82) is 5.41 Å². The number of nitrogens with one attached hydrogen (secondary N) is 3. The van der Waals surface area contributed by atoms with Crippen molar-refractivity contribution < 1.29 is 14.4 Å². The molecule has 0 spiro atoms. The summed E-state index contributed by atoms with van der Waals surface area (Å²) in [5, 5.41) is 23.1. The monoisotopic (exact) mass is 368 g/mol. The molecular formula is C14H17ClN6O4. The summed E-state index contributed by atoms with van der Waals surface area (Å²) in [5.74, 6) is 0.376. The zero-order valence-corrected chi connectivity index (χ0v) is 14.3. The minimum absolute atomic E-state index is 0.0113. The normalized spacial score (nSPS) is 11.9. The summed E-state index contributed by atoms with van der Waals surface area (Å²) in [6.07, 6.45) is 5.49. The molecule has 134 valence electrons. The molecule has 0 aromatic carbocycles. The van der Waals surface area contributed by atoms with E-state index >= 15 is 0 Å². The van der Waals surface area contributed by atoms with E-state index in [1.807, 2.05) is 0 Å². The Morgan fingerprint density at radius 2 is 2.36 bits per heavy atom. The van der Waals surface area contributed by atoms with Crippen molar-refractivity contribution in [2.75, 3.05) is 26.0 Å². The van der Waals surface area contributed by atoms with Gasteiger partial charge in [0.05, 0.1) is 26.1 Å². The molecule has 10 nitrogen and oxygen atoms in total. The van der Waals surface area contributed by atoms with Gasteiger partial charge in [-0.05, 0) is 9.91 Å². The largest absolute Gasteiger partial charge is 0.480 e. The van der Waals surface area contributed by atoms with Crippen LogP contribution < -0.4 is 15.4 Å². The van der Waals surface area contributed by atoms with Gasteiger partial charge in [-0.15, -0.1) is 0 Å². The Kier molecular flexibility index (Phi) is 7.87. The van der Waals surface area contributed by atoms with Gasteiger partial charge in [-0.1, -0.05) is 18.2 Å². The molecule has 25 heavy (non-hydrogen) atoms. The van der Waals surface area contributed by atoms with E-state index in [-0.39, 0.29) is 22.2 Å². The smallest absolute Gasteiger partial charge is 0.388 e.